The van der Waals surface area contributed by atoms with Crippen molar-refractivity contribution in [2.45, 2.75) is 0 Å². The van der Waals surface area contributed by atoms with Gasteiger partial charge in [-0.1, -0.05) is 345 Å². The number of fused-ring (bicyclic) bond motifs is 10. The van der Waals surface area contributed by atoms with E-state index in [1.54, 1.807) is 12.3 Å². The van der Waals surface area contributed by atoms with Crippen LogP contribution in [0.3, 0.4) is 0 Å². The average molecular weight is 1570 g/mol. The van der Waals surface area contributed by atoms with Crippen LogP contribution in [0.2, 0.25) is 0 Å². The predicted octanol–water partition coefficient (Wildman–Crippen LogP) is 26.6. The summed E-state index contributed by atoms with van der Waals surface area (Å²) in [6.45, 7) is 0. The van der Waals surface area contributed by atoms with E-state index >= 15 is 0 Å². The first kappa shape index (κ1) is 74.6. The molecule has 0 aliphatic heterocycles. The summed E-state index contributed by atoms with van der Waals surface area (Å²) >= 11 is 0. The molecule has 19 aromatic carbocycles. The number of hydrogen-bond donors (Lipinski definition) is 0. The summed E-state index contributed by atoms with van der Waals surface area (Å²) in [5, 5.41) is 26.0. The van der Waals surface area contributed by atoms with E-state index in [0.717, 1.165) is 139 Å². The third-order valence-electron chi connectivity index (χ3n) is 23.3. The molecule has 0 aliphatic carbocycles. The number of rotatable bonds is 13. The molecule has 0 spiro atoms. The number of aromatic nitrogens is 5. The molecule has 0 saturated carbocycles. The van der Waals surface area contributed by atoms with Crippen molar-refractivity contribution >= 4 is 143 Å². The maximum absolute atomic E-state index is 11.1. The van der Waals surface area contributed by atoms with Crippen LogP contribution < -0.4 is 33.8 Å². The molecule has 0 unspecified atom stereocenters. The molecule has 123 heavy (non-hydrogen) atoms. The van der Waals surface area contributed by atoms with E-state index in [1.165, 1.54) is 60.5 Å². The summed E-state index contributed by atoms with van der Waals surface area (Å²) in [6, 6.07) is 150. The Morgan fingerprint density at radius 1 is 0.244 bits per heavy atom. The van der Waals surface area contributed by atoms with Crippen molar-refractivity contribution in [2.24, 2.45) is 0 Å². The normalized spacial score (nSPS) is 11.4. The van der Waals surface area contributed by atoms with Gasteiger partial charge in [0, 0.05) is 83.0 Å². The van der Waals surface area contributed by atoms with Gasteiger partial charge < -0.3 is 28.3 Å². The van der Waals surface area contributed by atoms with Gasteiger partial charge in [0.15, 0.2) is 28.6 Å². The standard InChI is InChI=1S/C64H40N2O2.C39H26N4.C9H7NO.Li/c1-3-13-41(14-4-1)43-25-33-47(34-26-43)65(57-21-11-19-51-49-17-7-9-23-59(49)67-63(51)57)55-39-31-45-30-38-54-56(40-32-46-29-37-53(55)61(45)62(46)54)66(48-35-27-44(28-36-48)42-15-5-2-6-16-42)58-22-12-20-52-50-18-8-10-24-60(50)68-64(52)58;1-3-11-29(12-4-1)37-40-38(30-13-5-2-6-14-30)42-39(41-37)31-21-19-27(20-22-31)28-23-25-32(26-24-28)43-35-17-9-7-15-33(35)34-16-8-10-18-36(34)43;11-8-5-1-3-7-4-2-6-10-9(7)8;/h1-40H;1-26H;1-6,11H;/q;;;+1/p-1. The van der Waals surface area contributed by atoms with Gasteiger partial charge >= 0.3 is 18.9 Å². The number of pyridine rings is 1. The molecule has 0 amide bonds. The molecule has 10 nitrogen and oxygen atoms in total. The number of benzene rings is 19. The Hall–Kier alpha value is -16.0. The van der Waals surface area contributed by atoms with Gasteiger partial charge in [0.1, 0.15) is 11.2 Å². The second kappa shape index (κ2) is 32.1. The number of anilines is 6. The summed E-state index contributed by atoms with van der Waals surface area (Å²) < 4.78 is 15.9. The molecule has 0 radical (unpaired) electrons. The largest absolute Gasteiger partial charge is 1.00 e. The number of hydrogen-bond acceptors (Lipinski definition) is 9. The molecule has 5 heterocycles. The molecule has 574 valence electrons. The summed E-state index contributed by atoms with van der Waals surface area (Å²) in [4.78, 5) is 23.3. The number of nitrogens with zero attached hydrogens (tertiary/aromatic N) is 7. The first-order valence-corrected chi connectivity index (χ1v) is 40.9. The molecule has 0 fully saturated rings. The molecule has 0 atom stereocenters. The minimum absolute atomic E-state index is 0. The van der Waals surface area contributed by atoms with Gasteiger partial charge in [-0.15, -0.1) is 0 Å². The van der Waals surface area contributed by atoms with Crippen molar-refractivity contribution in [3.05, 3.63) is 437 Å². The summed E-state index contributed by atoms with van der Waals surface area (Å²) in [5.41, 5.74) is 23.6. The minimum Gasteiger partial charge on any atom is -0.871 e. The average Bonchev–Trinajstić information content (AvgIpc) is 1.53. The number of para-hydroxylation sites is 7. The van der Waals surface area contributed by atoms with E-state index in [1.807, 2.05) is 91.0 Å². The van der Waals surface area contributed by atoms with Crippen LogP contribution in [0.15, 0.2) is 446 Å². The third-order valence-corrected chi connectivity index (χ3v) is 23.3. The zero-order valence-electron chi connectivity index (χ0n) is 66.9. The van der Waals surface area contributed by atoms with E-state index in [2.05, 4.69) is 347 Å². The summed E-state index contributed by atoms with van der Waals surface area (Å²) in [6.07, 6.45) is 1.63. The Kier molecular flexibility index (Phi) is 19.4. The molecule has 24 aromatic rings. The van der Waals surface area contributed by atoms with Crippen molar-refractivity contribution in [3.63, 3.8) is 0 Å². The monoisotopic (exact) mass is 1570 g/mol. The van der Waals surface area contributed by atoms with Crippen molar-refractivity contribution in [1.82, 2.24) is 24.5 Å². The van der Waals surface area contributed by atoms with Crippen LogP contribution in [0.25, 0.3) is 182 Å². The van der Waals surface area contributed by atoms with Crippen LogP contribution in [0.4, 0.5) is 34.1 Å². The van der Waals surface area contributed by atoms with Crippen molar-refractivity contribution in [3.8, 4) is 79.0 Å². The Labute approximate surface area is 720 Å². The van der Waals surface area contributed by atoms with Crippen LogP contribution in [0, 0.1) is 0 Å². The van der Waals surface area contributed by atoms with E-state index in [-0.39, 0.29) is 24.6 Å². The van der Waals surface area contributed by atoms with Gasteiger partial charge in [0.25, 0.3) is 0 Å². The van der Waals surface area contributed by atoms with Crippen molar-refractivity contribution < 1.29 is 32.8 Å². The van der Waals surface area contributed by atoms with Crippen LogP contribution in [0.5, 0.6) is 5.75 Å². The quantitative estimate of drug-likeness (QED) is 0.0823. The van der Waals surface area contributed by atoms with Crippen molar-refractivity contribution in [1.29, 1.82) is 0 Å². The van der Waals surface area contributed by atoms with Gasteiger partial charge in [0.2, 0.25) is 0 Å². The molecule has 0 bridgehead atoms. The third kappa shape index (κ3) is 13.7. The molecule has 0 aliphatic rings. The number of furan rings is 2. The van der Waals surface area contributed by atoms with Gasteiger partial charge in [-0.2, -0.15) is 0 Å². The van der Waals surface area contributed by atoms with E-state index in [4.69, 9.17) is 23.8 Å². The first-order valence-electron chi connectivity index (χ1n) is 40.9. The van der Waals surface area contributed by atoms with E-state index in [9.17, 15) is 5.11 Å². The minimum atomic E-state index is -0.0110. The van der Waals surface area contributed by atoms with Gasteiger partial charge in [0.05, 0.1) is 39.3 Å². The fourth-order valence-electron chi connectivity index (χ4n) is 17.5. The van der Waals surface area contributed by atoms with Gasteiger partial charge in [-0.25, -0.2) is 15.0 Å². The zero-order valence-corrected chi connectivity index (χ0v) is 66.9. The Bertz CT molecular complexity index is 7610. The SMILES string of the molecule is [Li+].[O-]c1cccc2cccnc12.c1ccc(-c2ccc(N(c3ccc4ccc5c(N(c6ccc(-c7ccccc7)cc6)c6cccc7c6oc6ccccc67)ccc6ccc3c4c65)c3cccc4c3oc3ccccc34)cc2)cc1.c1ccc(-c2nc(-c3ccccc3)nc(-c3ccc(-c4ccc(-n5c6ccccc6c6ccccc65)cc4)cc3)n2)cc1. The molecule has 24 rings (SSSR count). The van der Waals surface area contributed by atoms with Crippen molar-refractivity contribution in [2.75, 3.05) is 9.80 Å². The van der Waals surface area contributed by atoms with Crippen LogP contribution in [-0.4, -0.2) is 24.5 Å². The molecule has 0 N–H and O–H groups in total. The van der Waals surface area contributed by atoms with Crippen LogP contribution in [0.1, 0.15) is 0 Å². The predicted molar refractivity (Wildman–Crippen MR) is 502 cm³/mol. The topological polar surface area (TPSA) is 112 Å². The second-order valence-electron chi connectivity index (χ2n) is 30.5. The van der Waals surface area contributed by atoms with E-state index < -0.39 is 0 Å². The molecule has 0 saturated heterocycles. The maximum atomic E-state index is 11.1. The first-order chi connectivity index (χ1) is 60.4. The summed E-state index contributed by atoms with van der Waals surface area (Å²) in [5.74, 6) is 1.97. The Morgan fingerprint density at radius 3 is 1.03 bits per heavy atom. The smallest absolute Gasteiger partial charge is 0.871 e. The van der Waals surface area contributed by atoms with Crippen LogP contribution in [-0.2, 0) is 0 Å². The zero-order chi connectivity index (χ0) is 81.0. The Balaban J connectivity index is 0.000000143. The fraction of sp³-hybridized carbons (Fsp3) is 0. The molecular weight excluding hydrogens is 1500 g/mol. The molecule has 11 heteroatoms. The van der Waals surface area contributed by atoms with Gasteiger partial charge in [-0.3, -0.25) is 4.98 Å². The molecular formula is C112H72LiN7O3. The second-order valence-corrected chi connectivity index (χ2v) is 30.5. The summed E-state index contributed by atoms with van der Waals surface area (Å²) in [7, 11) is 0. The van der Waals surface area contributed by atoms with Crippen LogP contribution >= 0.6 is 0 Å². The maximum Gasteiger partial charge on any atom is 1.00 e. The fourth-order valence-corrected chi connectivity index (χ4v) is 17.5. The van der Waals surface area contributed by atoms with Gasteiger partial charge in [-0.05, 0) is 151 Å². The molecule has 5 aromatic heterocycles. The Morgan fingerprint density at radius 2 is 0.585 bits per heavy atom. The van der Waals surface area contributed by atoms with E-state index in [0.29, 0.717) is 23.0 Å².